The summed E-state index contributed by atoms with van der Waals surface area (Å²) in [5, 5.41) is 11.2. The highest BCUT2D eigenvalue weighted by atomic mass is 16.3. The van der Waals surface area contributed by atoms with Gasteiger partial charge in [-0.25, -0.2) is 4.98 Å². The molecule has 0 amide bonds. The molecule has 1 heterocycles. The number of anilines is 1. The smallest absolute Gasteiger partial charge is 0.145 e. The molecule has 33 heavy (non-hydrogen) atoms. The molecule has 0 aliphatic carbocycles. The van der Waals surface area contributed by atoms with Gasteiger partial charge in [-0.2, -0.15) is 0 Å². The molecule has 172 valence electrons. The van der Waals surface area contributed by atoms with Gasteiger partial charge in [0.2, 0.25) is 0 Å². The number of hydrogen-bond acceptors (Lipinski definition) is 3. The minimum Gasteiger partial charge on any atom is -0.507 e. The van der Waals surface area contributed by atoms with Crippen LogP contribution in [0.4, 0.5) is 5.69 Å². The summed E-state index contributed by atoms with van der Waals surface area (Å²) in [4.78, 5) is 7.12. The molecule has 0 aliphatic heterocycles. The zero-order valence-electron chi connectivity index (χ0n) is 21.1. The van der Waals surface area contributed by atoms with E-state index in [1.807, 2.05) is 20.2 Å². The minimum absolute atomic E-state index is 0.204. The molecule has 4 nitrogen and oxygen atoms in total. The second-order valence-corrected chi connectivity index (χ2v) is 11.1. The average Bonchev–Trinajstić information content (AvgIpc) is 3.12. The topological polar surface area (TPSA) is 41.3 Å². The Labute approximate surface area is 197 Å². The third kappa shape index (κ3) is 4.22. The zero-order chi connectivity index (χ0) is 24.1. The lowest BCUT2D eigenvalue weighted by Crippen LogP contribution is -2.18. The Balaban J connectivity index is 2.05. The summed E-state index contributed by atoms with van der Waals surface area (Å²) in [5.41, 5.74) is 6.70. The van der Waals surface area contributed by atoms with Crippen molar-refractivity contribution in [3.63, 3.8) is 0 Å². The lowest BCUT2D eigenvalue weighted by atomic mass is 9.79. The molecule has 0 radical (unpaired) electrons. The number of aromatic nitrogens is 2. The third-order valence-corrected chi connectivity index (χ3v) is 6.17. The summed E-state index contributed by atoms with van der Waals surface area (Å²) in [6.45, 7) is 12.9. The van der Waals surface area contributed by atoms with Gasteiger partial charge in [-0.15, -0.1) is 0 Å². The molecule has 0 saturated carbocycles. The lowest BCUT2D eigenvalue weighted by molar-refractivity contribution is 0.423. The molecule has 4 rings (SSSR count). The molecule has 0 bridgehead atoms. The van der Waals surface area contributed by atoms with Crippen molar-refractivity contribution in [1.29, 1.82) is 0 Å². The Bertz CT molecular complexity index is 1260. The quantitative estimate of drug-likeness (QED) is 0.370. The largest absolute Gasteiger partial charge is 0.507 e. The van der Waals surface area contributed by atoms with Gasteiger partial charge in [-0.1, -0.05) is 53.7 Å². The highest BCUT2D eigenvalue weighted by molar-refractivity contribution is 5.83. The molecular weight excluding hydrogens is 406 g/mol. The summed E-state index contributed by atoms with van der Waals surface area (Å²) in [7, 11) is 4.09. The van der Waals surface area contributed by atoms with Crippen LogP contribution in [0.2, 0.25) is 0 Å². The number of nitrogens with zero attached hydrogens (tertiary/aromatic N) is 3. The summed E-state index contributed by atoms with van der Waals surface area (Å²) in [6, 6.07) is 21.0. The lowest BCUT2D eigenvalue weighted by Gasteiger charge is -2.28. The van der Waals surface area contributed by atoms with E-state index in [0.717, 1.165) is 44.9 Å². The van der Waals surface area contributed by atoms with E-state index in [-0.39, 0.29) is 10.8 Å². The molecule has 0 unspecified atom stereocenters. The van der Waals surface area contributed by atoms with Crippen molar-refractivity contribution in [3.05, 3.63) is 71.8 Å². The van der Waals surface area contributed by atoms with Crippen LogP contribution in [0.3, 0.4) is 0 Å². The molecule has 4 heteroatoms. The molecule has 0 atom stereocenters. The number of phenols is 1. The van der Waals surface area contributed by atoms with Crippen LogP contribution in [0.1, 0.15) is 52.7 Å². The van der Waals surface area contributed by atoms with Gasteiger partial charge >= 0.3 is 0 Å². The molecule has 1 aromatic heterocycles. The van der Waals surface area contributed by atoms with Crippen molar-refractivity contribution in [1.82, 2.24) is 9.55 Å². The number of aromatic hydroxyl groups is 1. The van der Waals surface area contributed by atoms with Gasteiger partial charge in [0.15, 0.2) is 0 Å². The highest BCUT2D eigenvalue weighted by Crippen LogP contribution is 2.42. The summed E-state index contributed by atoms with van der Waals surface area (Å²) in [5.74, 6) is 1.28. The van der Waals surface area contributed by atoms with E-state index in [1.165, 1.54) is 0 Å². The zero-order valence-corrected chi connectivity index (χ0v) is 21.1. The van der Waals surface area contributed by atoms with Crippen molar-refractivity contribution in [2.75, 3.05) is 19.0 Å². The van der Waals surface area contributed by atoms with Crippen LogP contribution in [-0.2, 0) is 10.8 Å². The SMILES string of the molecule is CN(C)c1ccc(-c2nc3ccccc3n2-c2cc(C(C)(C)C)c(O)c(C(C)(C)C)c2)cc1. The Morgan fingerprint density at radius 2 is 1.33 bits per heavy atom. The van der Waals surface area contributed by atoms with Crippen LogP contribution in [0.5, 0.6) is 5.75 Å². The molecule has 0 aliphatic rings. The molecule has 0 spiro atoms. The summed E-state index contributed by atoms with van der Waals surface area (Å²) in [6.07, 6.45) is 0. The first kappa shape index (κ1) is 22.9. The number of phenolic OH excluding ortho intramolecular Hbond substituents is 1. The first-order chi connectivity index (χ1) is 15.4. The number of fused-ring (bicyclic) bond motifs is 1. The molecular formula is C29H35N3O. The van der Waals surface area contributed by atoms with Gasteiger partial charge in [0.25, 0.3) is 0 Å². The maximum absolute atomic E-state index is 11.2. The van der Waals surface area contributed by atoms with Gasteiger partial charge in [0.05, 0.1) is 11.0 Å². The van der Waals surface area contributed by atoms with Crippen LogP contribution in [0.15, 0.2) is 60.7 Å². The van der Waals surface area contributed by atoms with Crippen LogP contribution >= 0.6 is 0 Å². The first-order valence-corrected chi connectivity index (χ1v) is 11.5. The number of hydrogen-bond donors (Lipinski definition) is 1. The predicted octanol–water partition coefficient (Wildman–Crippen LogP) is 7.06. The van der Waals surface area contributed by atoms with E-state index in [4.69, 9.17) is 4.98 Å². The first-order valence-electron chi connectivity index (χ1n) is 11.5. The minimum atomic E-state index is -0.204. The number of rotatable bonds is 3. The Kier molecular flexibility index (Phi) is 5.52. The normalized spacial score (nSPS) is 12.4. The van der Waals surface area contributed by atoms with Gasteiger partial charge in [0, 0.05) is 42.2 Å². The van der Waals surface area contributed by atoms with Crippen molar-refractivity contribution in [3.8, 4) is 22.8 Å². The fourth-order valence-electron chi connectivity index (χ4n) is 4.28. The Morgan fingerprint density at radius 1 is 0.788 bits per heavy atom. The van der Waals surface area contributed by atoms with Crippen LogP contribution in [0.25, 0.3) is 28.1 Å². The van der Waals surface area contributed by atoms with Crippen molar-refractivity contribution in [2.45, 2.75) is 52.4 Å². The van der Waals surface area contributed by atoms with Gasteiger partial charge < -0.3 is 10.0 Å². The third-order valence-electron chi connectivity index (χ3n) is 6.17. The van der Waals surface area contributed by atoms with Gasteiger partial charge in [-0.05, 0) is 59.4 Å². The monoisotopic (exact) mass is 441 g/mol. The predicted molar refractivity (Wildman–Crippen MR) is 140 cm³/mol. The fourth-order valence-corrected chi connectivity index (χ4v) is 4.28. The van der Waals surface area contributed by atoms with Gasteiger partial charge in [0.1, 0.15) is 11.6 Å². The van der Waals surface area contributed by atoms with E-state index >= 15 is 0 Å². The Hall–Kier alpha value is -3.27. The molecule has 1 N–H and O–H groups in total. The second-order valence-electron chi connectivity index (χ2n) is 11.1. The fraction of sp³-hybridized carbons (Fsp3) is 0.345. The van der Waals surface area contributed by atoms with Crippen LogP contribution < -0.4 is 4.90 Å². The number of imidazole rings is 1. The summed E-state index contributed by atoms with van der Waals surface area (Å²) >= 11 is 0. The molecule has 0 fully saturated rings. The van der Waals surface area contributed by atoms with Crippen molar-refractivity contribution < 1.29 is 5.11 Å². The van der Waals surface area contributed by atoms with Crippen molar-refractivity contribution in [2.24, 2.45) is 0 Å². The van der Waals surface area contributed by atoms with E-state index in [9.17, 15) is 5.11 Å². The van der Waals surface area contributed by atoms with E-state index in [0.29, 0.717) is 5.75 Å². The average molecular weight is 442 g/mol. The standard InChI is InChI=1S/C29H35N3O/c1-28(2,3)22-17-21(18-23(26(22)33)29(4,5)6)32-25-12-10-9-11-24(25)30-27(32)19-13-15-20(16-14-19)31(7)8/h9-18,33H,1-8H3. The van der Waals surface area contributed by atoms with Crippen molar-refractivity contribution >= 4 is 16.7 Å². The van der Waals surface area contributed by atoms with E-state index in [1.54, 1.807) is 0 Å². The molecule has 4 aromatic rings. The molecule has 0 saturated heterocycles. The number of para-hydroxylation sites is 2. The Morgan fingerprint density at radius 3 is 1.85 bits per heavy atom. The van der Waals surface area contributed by atoms with Gasteiger partial charge in [-0.3, -0.25) is 4.57 Å². The molecule has 3 aromatic carbocycles. The number of benzene rings is 3. The maximum Gasteiger partial charge on any atom is 0.145 e. The van der Waals surface area contributed by atoms with Crippen LogP contribution in [-0.4, -0.2) is 28.8 Å². The van der Waals surface area contributed by atoms with E-state index in [2.05, 4.69) is 106 Å². The summed E-state index contributed by atoms with van der Waals surface area (Å²) < 4.78 is 2.23. The van der Waals surface area contributed by atoms with Crippen LogP contribution in [0, 0.1) is 0 Å². The van der Waals surface area contributed by atoms with E-state index < -0.39 is 0 Å². The second kappa shape index (κ2) is 7.95. The highest BCUT2D eigenvalue weighted by Gasteiger charge is 2.28. The maximum atomic E-state index is 11.2.